The summed E-state index contributed by atoms with van der Waals surface area (Å²) in [5, 5.41) is 7.17. The van der Waals surface area contributed by atoms with Gasteiger partial charge in [-0.25, -0.2) is 4.68 Å². The Morgan fingerprint density at radius 2 is 1.63 bits per heavy atom. The normalized spacial score (nSPS) is 11.6. The van der Waals surface area contributed by atoms with E-state index in [1.165, 1.54) is 22.8 Å². The molecule has 0 fully saturated rings. The standard InChI is InChI=1S/C25H19N3O2/c1-16-13-23(29)24(27-28(16)20-8-3-2-4-9-20)25(30)26-19-11-12-22-18(15-19)14-17-7-5-6-10-21(17)22/h2-13,15H,14H2,1H3,(H,26,30). The van der Waals surface area contributed by atoms with Gasteiger partial charge in [0.05, 0.1) is 5.69 Å². The van der Waals surface area contributed by atoms with Crippen LogP contribution in [0.3, 0.4) is 0 Å². The molecule has 0 unspecified atom stereocenters. The van der Waals surface area contributed by atoms with E-state index in [-0.39, 0.29) is 5.69 Å². The first-order valence-corrected chi connectivity index (χ1v) is 9.79. The molecule has 1 amide bonds. The van der Waals surface area contributed by atoms with Gasteiger partial charge in [0.15, 0.2) is 5.69 Å². The molecule has 1 aliphatic carbocycles. The van der Waals surface area contributed by atoms with E-state index < -0.39 is 11.3 Å². The molecule has 0 spiro atoms. The van der Waals surface area contributed by atoms with Gasteiger partial charge in [0.2, 0.25) is 5.43 Å². The highest BCUT2D eigenvalue weighted by Gasteiger charge is 2.20. The average Bonchev–Trinajstić information content (AvgIpc) is 3.12. The number of benzene rings is 3. The number of fused-ring (bicyclic) bond motifs is 3. The van der Waals surface area contributed by atoms with Crippen molar-refractivity contribution in [3.63, 3.8) is 0 Å². The molecular weight excluding hydrogens is 374 g/mol. The Kier molecular flexibility index (Phi) is 4.29. The summed E-state index contributed by atoms with van der Waals surface area (Å²) in [5.41, 5.74) is 6.44. The highest BCUT2D eigenvalue weighted by molar-refractivity contribution is 6.03. The molecule has 5 rings (SSSR count). The van der Waals surface area contributed by atoms with E-state index in [0.717, 1.165) is 17.7 Å². The molecule has 5 heteroatoms. The van der Waals surface area contributed by atoms with Crippen LogP contribution in [0.2, 0.25) is 0 Å². The van der Waals surface area contributed by atoms with Gasteiger partial charge in [-0.1, -0.05) is 48.5 Å². The molecule has 0 aliphatic heterocycles. The molecule has 146 valence electrons. The van der Waals surface area contributed by atoms with Crippen molar-refractivity contribution >= 4 is 11.6 Å². The summed E-state index contributed by atoms with van der Waals surface area (Å²) in [5.74, 6) is -0.514. The molecule has 1 aliphatic rings. The molecule has 0 saturated heterocycles. The van der Waals surface area contributed by atoms with Crippen molar-refractivity contribution in [2.24, 2.45) is 0 Å². The zero-order chi connectivity index (χ0) is 20.7. The largest absolute Gasteiger partial charge is 0.320 e. The Morgan fingerprint density at radius 3 is 2.47 bits per heavy atom. The summed E-state index contributed by atoms with van der Waals surface area (Å²) in [6.07, 6.45) is 0.832. The Bertz CT molecular complexity index is 1340. The molecule has 0 bridgehead atoms. The monoisotopic (exact) mass is 393 g/mol. The number of amides is 1. The fraction of sp³-hybridized carbons (Fsp3) is 0.0800. The SMILES string of the molecule is Cc1cc(=O)c(C(=O)Nc2ccc3c(c2)Cc2ccccc2-3)nn1-c1ccccc1. The molecule has 0 saturated carbocycles. The summed E-state index contributed by atoms with van der Waals surface area (Å²) in [7, 11) is 0. The number of carbonyl (C=O) groups is 1. The number of rotatable bonds is 3. The molecule has 1 heterocycles. The van der Waals surface area contributed by atoms with Gasteiger partial charge in [-0.3, -0.25) is 9.59 Å². The van der Waals surface area contributed by atoms with Crippen LogP contribution >= 0.6 is 0 Å². The Balaban J connectivity index is 1.45. The number of aromatic nitrogens is 2. The molecule has 5 nitrogen and oxygen atoms in total. The van der Waals surface area contributed by atoms with Crippen molar-refractivity contribution in [3.05, 3.63) is 112 Å². The van der Waals surface area contributed by atoms with Crippen LogP contribution in [0.1, 0.15) is 27.3 Å². The molecule has 4 aromatic rings. The van der Waals surface area contributed by atoms with E-state index in [4.69, 9.17) is 0 Å². The maximum atomic E-state index is 12.9. The fourth-order valence-corrected chi connectivity index (χ4v) is 3.95. The van der Waals surface area contributed by atoms with Crippen LogP contribution in [0.4, 0.5) is 5.69 Å². The number of hydrogen-bond donors (Lipinski definition) is 1. The third kappa shape index (κ3) is 3.10. The first-order chi connectivity index (χ1) is 14.6. The number of aryl methyl sites for hydroxylation is 1. The van der Waals surface area contributed by atoms with Gasteiger partial charge in [-0.2, -0.15) is 5.10 Å². The predicted molar refractivity (Wildman–Crippen MR) is 117 cm³/mol. The molecule has 0 radical (unpaired) electrons. The van der Waals surface area contributed by atoms with Crippen molar-refractivity contribution in [2.45, 2.75) is 13.3 Å². The lowest BCUT2D eigenvalue weighted by Crippen LogP contribution is -2.26. The highest BCUT2D eigenvalue weighted by atomic mass is 16.2. The van der Waals surface area contributed by atoms with E-state index in [2.05, 4.69) is 22.5 Å². The fourth-order valence-electron chi connectivity index (χ4n) is 3.95. The summed E-state index contributed by atoms with van der Waals surface area (Å²) >= 11 is 0. The topological polar surface area (TPSA) is 64.0 Å². The highest BCUT2D eigenvalue weighted by Crippen LogP contribution is 2.37. The second kappa shape index (κ2) is 7.12. The minimum Gasteiger partial charge on any atom is -0.320 e. The third-order valence-corrected chi connectivity index (χ3v) is 5.37. The first kappa shape index (κ1) is 18.1. The lowest BCUT2D eigenvalue weighted by Gasteiger charge is -2.12. The molecule has 3 aromatic carbocycles. The van der Waals surface area contributed by atoms with Crippen LogP contribution in [0, 0.1) is 6.92 Å². The van der Waals surface area contributed by atoms with E-state index in [9.17, 15) is 9.59 Å². The predicted octanol–water partition coefficient (Wildman–Crippen LogP) is 4.36. The van der Waals surface area contributed by atoms with E-state index in [1.54, 1.807) is 11.6 Å². The van der Waals surface area contributed by atoms with Crippen molar-refractivity contribution in [1.29, 1.82) is 0 Å². The van der Waals surface area contributed by atoms with Crippen LogP contribution in [0.25, 0.3) is 16.8 Å². The van der Waals surface area contributed by atoms with E-state index in [0.29, 0.717) is 11.4 Å². The van der Waals surface area contributed by atoms with E-state index in [1.807, 2.05) is 60.7 Å². The van der Waals surface area contributed by atoms with Crippen molar-refractivity contribution in [3.8, 4) is 16.8 Å². The minimum atomic E-state index is -0.514. The molecular formula is C25H19N3O2. The quantitative estimate of drug-likeness (QED) is 0.495. The van der Waals surface area contributed by atoms with Gasteiger partial charge in [0, 0.05) is 17.4 Å². The first-order valence-electron chi connectivity index (χ1n) is 9.79. The number of hydrogen-bond acceptors (Lipinski definition) is 3. The second-order valence-corrected chi connectivity index (χ2v) is 7.41. The van der Waals surface area contributed by atoms with Gasteiger partial charge >= 0.3 is 0 Å². The zero-order valence-corrected chi connectivity index (χ0v) is 16.4. The number of anilines is 1. The number of carbonyl (C=O) groups excluding carboxylic acids is 1. The number of nitrogens with one attached hydrogen (secondary N) is 1. The molecule has 30 heavy (non-hydrogen) atoms. The molecule has 1 N–H and O–H groups in total. The van der Waals surface area contributed by atoms with Gasteiger partial charge in [-0.05, 0) is 59.9 Å². The summed E-state index contributed by atoms with van der Waals surface area (Å²) in [4.78, 5) is 25.3. The van der Waals surface area contributed by atoms with Crippen LogP contribution in [-0.4, -0.2) is 15.7 Å². The number of nitrogens with zero attached hydrogens (tertiary/aromatic N) is 2. The van der Waals surface area contributed by atoms with Gasteiger partial charge in [0.1, 0.15) is 0 Å². The van der Waals surface area contributed by atoms with Crippen molar-refractivity contribution < 1.29 is 4.79 Å². The smallest absolute Gasteiger partial charge is 0.280 e. The van der Waals surface area contributed by atoms with E-state index >= 15 is 0 Å². The lowest BCUT2D eigenvalue weighted by molar-refractivity contribution is 0.101. The number of para-hydroxylation sites is 1. The van der Waals surface area contributed by atoms with Crippen molar-refractivity contribution in [2.75, 3.05) is 5.32 Å². The van der Waals surface area contributed by atoms with Crippen LogP contribution in [0.15, 0.2) is 83.7 Å². The maximum absolute atomic E-state index is 12.9. The Morgan fingerprint density at radius 1 is 0.900 bits per heavy atom. The van der Waals surface area contributed by atoms with Gasteiger partial charge < -0.3 is 5.32 Å². The minimum absolute atomic E-state index is 0.131. The zero-order valence-electron chi connectivity index (χ0n) is 16.4. The van der Waals surface area contributed by atoms with Gasteiger partial charge in [0.25, 0.3) is 5.91 Å². The second-order valence-electron chi connectivity index (χ2n) is 7.41. The third-order valence-electron chi connectivity index (χ3n) is 5.37. The summed E-state index contributed by atoms with van der Waals surface area (Å²) < 4.78 is 1.61. The van der Waals surface area contributed by atoms with Gasteiger partial charge in [-0.15, -0.1) is 0 Å². The summed E-state index contributed by atoms with van der Waals surface area (Å²) in [6, 6.07) is 25.0. The van der Waals surface area contributed by atoms with Crippen LogP contribution in [0.5, 0.6) is 0 Å². The molecule has 0 atom stereocenters. The Labute approximate surface area is 173 Å². The van der Waals surface area contributed by atoms with Crippen LogP contribution < -0.4 is 10.7 Å². The van der Waals surface area contributed by atoms with Crippen molar-refractivity contribution in [1.82, 2.24) is 9.78 Å². The summed E-state index contributed by atoms with van der Waals surface area (Å²) in [6.45, 7) is 1.79. The molecule has 1 aromatic heterocycles. The average molecular weight is 393 g/mol. The Hall–Kier alpha value is -3.99. The lowest BCUT2D eigenvalue weighted by atomic mass is 10.1. The van der Waals surface area contributed by atoms with Crippen LogP contribution in [-0.2, 0) is 6.42 Å². The maximum Gasteiger partial charge on any atom is 0.280 e.